The summed E-state index contributed by atoms with van der Waals surface area (Å²) in [5.74, 6) is -0.902. The first-order chi connectivity index (χ1) is 12.2. The number of carbonyl (C=O) groups excluding carboxylic acids is 2. The largest absolute Gasteiger partial charge is 0.462 e. The van der Waals surface area contributed by atoms with Crippen molar-refractivity contribution < 1.29 is 19.1 Å². The van der Waals surface area contributed by atoms with E-state index in [0.29, 0.717) is 13.2 Å². The molecule has 1 aromatic carbocycles. The number of rotatable bonds is 13. The molecule has 0 heterocycles. The van der Waals surface area contributed by atoms with Crippen molar-refractivity contribution in [3.8, 4) is 0 Å². The Balaban J connectivity index is 2.46. The van der Waals surface area contributed by atoms with E-state index >= 15 is 0 Å². The molecule has 4 heteroatoms. The Hall–Kier alpha value is -1.84. The molecule has 25 heavy (non-hydrogen) atoms. The second-order valence-electron chi connectivity index (χ2n) is 6.29. The molecular formula is C21H32O4. The lowest BCUT2D eigenvalue weighted by atomic mass is 10.1. The van der Waals surface area contributed by atoms with Gasteiger partial charge in [-0.2, -0.15) is 0 Å². The van der Waals surface area contributed by atoms with E-state index in [1.807, 2.05) is 0 Å². The minimum Gasteiger partial charge on any atom is -0.462 e. The SMILES string of the molecule is CCCCCCCOC(=O)c1ccccc1C(=O)OCCCCCC. The molecule has 0 aliphatic heterocycles. The van der Waals surface area contributed by atoms with E-state index in [9.17, 15) is 9.59 Å². The Labute approximate surface area is 151 Å². The summed E-state index contributed by atoms with van der Waals surface area (Å²) < 4.78 is 10.6. The Morgan fingerprint density at radius 3 is 1.52 bits per heavy atom. The van der Waals surface area contributed by atoms with Crippen molar-refractivity contribution in [2.45, 2.75) is 71.6 Å². The molecule has 0 aliphatic rings. The van der Waals surface area contributed by atoms with Gasteiger partial charge in [-0.25, -0.2) is 9.59 Å². The van der Waals surface area contributed by atoms with Crippen LogP contribution in [0.1, 0.15) is 92.4 Å². The van der Waals surface area contributed by atoms with Crippen molar-refractivity contribution >= 4 is 11.9 Å². The monoisotopic (exact) mass is 348 g/mol. The average Bonchev–Trinajstić information content (AvgIpc) is 2.64. The van der Waals surface area contributed by atoms with Gasteiger partial charge >= 0.3 is 11.9 Å². The predicted octanol–water partition coefficient (Wildman–Crippen LogP) is 5.55. The Kier molecular flexibility index (Phi) is 11.4. The summed E-state index contributed by atoms with van der Waals surface area (Å²) >= 11 is 0. The number of esters is 2. The molecule has 0 fully saturated rings. The van der Waals surface area contributed by atoms with E-state index in [1.165, 1.54) is 12.8 Å². The minimum absolute atomic E-state index is 0.286. The highest BCUT2D eigenvalue weighted by Gasteiger charge is 2.18. The molecule has 140 valence electrons. The summed E-state index contributed by atoms with van der Waals surface area (Å²) in [7, 11) is 0. The Morgan fingerprint density at radius 1 is 0.680 bits per heavy atom. The molecule has 0 amide bonds. The van der Waals surface area contributed by atoms with Crippen LogP contribution in [0.5, 0.6) is 0 Å². The first-order valence-corrected chi connectivity index (χ1v) is 9.64. The molecule has 0 saturated carbocycles. The molecule has 0 aliphatic carbocycles. The van der Waals surface area contributed by atoms with Gasteiger partial charge in [-0.1, -0.05) is 70.9 Å². The number of hydrogen-bond donors (Lipinski definition) is 0. The van der Waals surface area contributed by atoms with Crippen LogP contribution in [0.15, 0.2) is 24.3 Å². The van der Waals surface area contributed by atoms with Crippen molar-refractivity contribution in [1.82, 2.24) is 0 Å². The molecule has 0 unspecified atom stereocenters. The summed E-state index contributed by atoms with van der Waals surface area (Å²) in [6.07, 6.45) is 9.65. The van der Waals surface area contributed by atoms with Crippen LogP contribution in [-0.2, 0) is 9.47 Å². The zero-order chi connectivity index (χ0) is 18.3. The number of unbranched alkanes of at least 4 members (excludes halogenated alkanes) is 7. The molecule has 1 rings (SSSR count). The molecule has 0 spiro atoms. The molecule has 0 bridgehead atoms. The van der Waals surface area contributed by atoms with Crippen LogP contribution in [-0.4, -0.2) is 25.2 Å². The van der Waals surface area contributed by atoms with Gasteiger partial charge in [0.2, 0.25) is 0 Å². The minimum atomic E-state index is -0.452. The summed E-state index contributed by atoms with van der Waals surface area (Å²) in [6, 6.07) is 6.70. The zero-order valence-electron chi connectivity index (χ0n) is 15.7. The van der Waals surface area contributed by atoms with Gasteiger partial charge in [-0.15, -0.1) is 0 Å². The molecule has 0 radical (unpaired) electrons. The third kappa shape index (κ3) is 8.71. The van der Waals surface area contributed by atoms with Crippen LogP contribution < -0.4 is 0 Å². The van der Waals surface area contributed by atoms with Crippen molar-refractivity contribution in [2.24, 2.45) is 0 Å². The van der Waals surface area contributed by atoms with Gasteiger partial charge in [0.05, 0.1) is 24.3 Å². The average molecular weight is 348 g/mol. The third-order valence-electron chi connectivity index (χ3n) is 4.08. The maximum Gasteiger partial charge on any atom is 0.339 e. The van der Waals surface area contributed by atoms with Crippen molar-refractivity contribution in [3.05, 3.63) is 35.4 Å². The zero-order valence-corrected chi connectivity index (χ0v) is 15.7. The van der Waals surface area contributed by atoms with Crippen molar-refractivity contribution in [3.63, 3.8) is 0 Å². The van der Waals surface area contributed by atoms with E-state index in [-0.39, 0.29) is 11.1 Å². The van der Waals surface area contributed by atoms with Gasteiger partial charge in [0.25, 0.3) is 0 Å². The molecule has 4 nitrogen and oxygen atoms in total. The maximum atomic E-state index is 12.2. The van der Waals surface area contributed by atoms with E-state index in [1.54, 1.807) is 24.3 Å². The fourth-order valence-electron chi connectivity index (χ4n) is 2.56. The number of benzene rings is 1. The molecule has 0 atom stereocenters. The van der Waals surface area contributed by atoms with Gasteiger partial charge in [0.1, 0.15) is 0 Å². The smallest absolute Gasteiger partial charge is 0.339 e. The van der Waals surface area contributed by atoms with E-state index < -0.39 is 11.9 Å². The lowest BCUT2D eigenvalue weighted by molar-refractivity contribution is 0.0450. The summed E-state index contributed by atoms with van der Waals surface area (Å²) in [5, 5.41) is 0. The molecule has 0 aromatic heterocycles. The number of hydrogen-bond acceptors (Lipinski definition) is 4. The van der Waals surface area contributed by atoms with Crippen molar-refractivity contribution in [2.75, 3.05) is 13.2 Å². The Bertz CT molecular complexity index is 510. The first kappa shape index (κ1) is 21.2. The van der Waals surface area contributed by atoms with Crippen LogP contribution in [0, 0.1) is 0 Å². The van der Waals surface area contributed by atoms with Gasteiger partial charge in [-0.05, 0) is 25.0 Å². The van der Waals surface area contributed by atoms with Crippen LogP contribution >= 0.6 is 0 Å². The standard InChI is InChI=1S/C21H32O4/c1-3-5-7-9-13-17-25-21(23)19-15-11-10-14-18(19)20(22)24-16-12-8-6-4-2/h10-11,14-15H,3-9,12-13,16-17H2,1-2H3. The second-order valence-corrected chi connectivity index (χ2v) is 6.29. The van der Waals surface area contributed by atoms with E-state index in [4.69, 9.17) is 9.47 Å². The fourth-order valence-corrected chi connectivity index (χ4v) is 2.56. The first-order valence-electron chi connectivity index (χ1n) is 9.64. The van der Waals surface area contributed by atoms with E-state index in [0.717, 1.165) is 44.9 Å². The summed E-state index contributed by atoms with van der Waals surface area (Å²) in [6.45, 7) is 5.08. The number of ether oxygens (including phenoxy) is 2. The van der Waals surface area contributed by atoms with Gasteiger partial charge in [0, 0.05) is 0 Å². The Morgan fingerprint density at radius 2 is 1.08 bits per heavy atom. The molecule has 0 saturated heterocycles. The van der Waals surface area contributed by atoms with Gasteiger partial charge < -0.3 is 9.47 Å². The van der Waals surface area contributed by atoms with Crippen molar-refractivity contribution in [1.29, 1.82) is 0 Å². The maximum absolute atomic E-state index is 12.2. The highest BCUT2D eigenvalue weighted by molar-refractivity contribution is 6.03. The van der Waals surface area contributed by atoms with Gasteiger partial charge in [0.15, 0.2) is 0 Å². The van der Waals surface area contributed by atoms with Gasteiger partial charge in [-0.3, -0.25) is 0 Å². The van der Waals surface area contributed by atoms with Crippen LogP contribution in [0.25, 0.3) is 0 Å². The normalized spacial score (nSPS) is 10.5. The third-order valence-corrected chi connectivity index (χ3v) is 4.08. The topological polar surface area (TPSA) is 52.6 Å². The molecule has 0 N–H and O–H groups in total. The fraction of sp³-hybridized carbons (Fsp3) is 0.619. The highest BCUT2D eigenvalue weighted by Crippen LogP contribution is 2.13. The number of carbonyl (C=O) groups is 2. The van der Waals surface area contributed by atoms with Crippen LogP contribution in [0.2, 0.25) is 0 Å². The molecule has 1 aromatic rings. The van der Waals surface area contributed by atoms with E-state index in [2.05, 4.69) is 13.8 Å². The second kappa shape index (κ2) is 13.5. The predicted molar refractivity (Wildman–Crippen MR) is 99.9 cm³/mol. The quantitative estimate of drug-likeness (QED) is 0.346. The lowest BCUT2D eigenvalue weighted by Crippen LogP contribution is -2.15. The highest BCUT2D eigenvalue weighted by atomic mass is 16.5. The van der Waals surface area contributed by atoms with Crippen LogP contribution in [0.3, 0.4) is 0 Å². The summed E-state index contributed by atoms with van der Waals surface area (Å²) in [5.41, 5.74) is 0.573. The molecular weight excluding hydrogens is 316 g/mol. The lowest BCUT2D eigenvalue weighted by Gasteiger charge is -2.10. The summed E-state index contributed by atoms with van der Waals surface area (Å²) in [4.78, 5) is 24.5. The van der Waals surface area contributed by atoms with Crippen LogP contribution in [0.4, 0.5) is 0 Å².